The fourth-order valence-corrected chi connectivity index (χ4v) is 2.44. The Labute approximate surface area is 170 Å². The molecule has 2 aromatic carbocycles. The molecule has 0 aliphatic carbocycles. The number of hydrogen-bond donors (Lipinski definition) is 1. The number of anilines is 1. The first-order valence-corrected chi connectivity index (χ1v) is 8.94. The summed E-state index contributed by atoms with van der Waals surface area (Å²) in [4.78, 5) is 25.2. The Morgan fingerprint density at radius 1 is 1.07 bits per heavy atom. The molecule has 0 aliphatic rings. The molecular weight excluding hydrogens is 372 g/mol. The lowest BCUT2D eigenvalue weighted by Crippen LogP contribution is -2.28. The van der Waals surface area contributed by atoms with Crippen LogP contribution in [-0.4, -0.2) is 26.1 Å². The molecule has 2 aromatic rings. The number of rotatable bonds is 6. The summed E-state index contributed by atoms with van der Waals surface area (Å²) >= 11 is 0. The highest BCUT2D eigenvalue weighted by molar-refractivity contribution is 6.03. The van der Waals surface area contributed by atoms with E-state index in [4.69, 9.17) is 14.2 Å². The second-order valence-electron chi connectivity index (χ2n) is 7.30. The number of carbonyl (C=O) groups is 2. The first-order chi connectivity index (χ1) is 13.7. The summed E-state index contributed by atoms with van der Waals surface area (Å²) in [5, 5.41) is 11.9. The van der Waals surface area contributed by atoms with Crippen molar-refractivity contribution < 1.29 is 23.8 Å². The van der Waals surface area contributed by atoms with E-state index < -0.39 is 11.4 Å². The van der Waals surface area contributed by atoms with Crippen molar-refractivity contribution >= 4 is 17.6 Å². The molecule has 7 heteroatoms. The largest absolute Gasteiger partial charge is 0.493 e. The number of benzene rings is 2. The Bertz CT molecular complexity index is 955. The van der Waals surface area contributed by atoms with E-state index in [1.54, 1.807) is 45.0 Å². The number of nitrogens with zero attached hydrogens (tertiary/aromatic N) is 1. The van der Waals surface area contributed by atoms with Crippen molar-refractivity contribution in [2.75, 3.05) is 19.5 Å². The highest BCUT2D eigenvalue weighted by Gasteiger charge is 2.25. The van der Waals surface area contributed by atoms with E-state index in [2.05, 4.69) is 11.4 Å². The van der Waals surface area contributed by atoms with E-state index in [0.717, 1.165) is 0 Å². The van der Waals surface area contributed by atoms with E-state index in [-0.39, 0.29) is 23.8 Å². The molecule has 1 N–H and O–H groups in total. The zero-order chi connectivity index (χ0) is 21.6. The minimum atomic E-state index is -0.667. The van der Waals surface area contributed by atoms with Gasteiger partial charge in [0.1, 0.15) is 6.61 Å². The number of methoxy groups -OCH3 is 2. The summed E-state index contributed by atoms with van der Waals surface area (Å²) in [6, 6.07) is 11.9. The van der Waals surface area contributed by atoms with Gasteiger partial charge in [-0.2, -0.15) is 5.26 Å². The molecule has 0 atom stereocenters. The van der Waals surface area contributed by atoms with Crippen LogP contribution in [0.1, 0.15) is 42.3 Å². The van der Waals surface area contributed by atoms with Gasteiger partial charge in [0.15, 0.2) is 11.5 Å². The van der Waals surface area contributed by atoms with Crippen LogP contribution in [0.4, 0.5) is 5.69 Å². The zero-order valence-corrected chi connectivity index (χ0v) is 17.2. The lowest BCUT2D eigenvalue weighted by atomic mass is 9.95. The Morgan fingerprint density at radius 2 is 1.69 bits per heavy atom. The molecule has 0 spiro atoms. The number of nitrogens with one attached hydrogen (secondary N) is 1. The highest BCUT2D eigenvalue weighted by Crippen LogP contribution is 2.34. The number of ether oxygens (including phenoxy) is 3. The predicted octanol–water partition coefficient (Wildman–Crippen LogP) is 3.92. The molecule has 2 rings (SSSR count). The molecule has 0 fully saturated rings. The Balaban J connectivity index is 2.36. The molecule has 7 nitrogen and oxygen atoms in total. The van der Waals surface area contributed by atoms with Crippen molar-refractivity contribution in [2.24, 2.45) is 5.41 Å². The topological polar surface area (TPSA) is 97.6 Å². The molecule has 0 unspecified atom stereocenters. The quantitative estimate of drug-likeness (QED) is 0.743. The summed E-state index contributed by atoms with van der Waals surface area (Å²) in [5.74, 6) is -0.245. The van der Waals surface area contributed by atoms with Crippen molar-refractivity contribution in [1.29, 1.82) is 5.26 Å². The molecule has 0 saturated carbocycles. The summed E-state index contributed by atoms with van der Waals surface area (Å²) in [6.45, 7) is 5.21. The molecule has 0 aromatic heterocycles. The van der Waals surface area contributed by atoms with Crippen molar-refractivity contribution in [3.05, 3.63) is 53.1 Å². The van der Waals surface area contributed by atoms with Crippen LogP contribution >= 0.6 is 0 Å². The van der Waals surface area contributed by atoms with Crippen LogP contribution < -0.4 is 14.8 Å². The minimum absolute atomic E-state index is 0.0798. The van der Waals surface area contributed by atoms with Crippen molar-refractivity contribution in [3.63, 3.8) is 0 Å². The molecule has 1 amide bonds. The first-order valence-electron chi connectivity index (χ1n) is 8.94. The maximum absolute atomic E-state index is 12.8. The number of hydrogen-bond acceptors (Lipinski definition) is 6. The Kier molecular flexibility index (Phi) is 6.84. The molecule has 152 valence electrons. The third kappa shape index (κ3) is 5.26. The lowest BCUT2D eigenvalue weighted by molar-refractivity contribution is -0.123. The van der Waals surface area contributed by atoms with Gasteiger partial charge < -0.3 is 19.5 Å². The third-order valence-corrected chi connectivity index (χ3v) is 4.17. The molecule has 0 aliphatic heterocycles. The number of carbonyl (C=O) groups excluding carboxylic acids is 2. The van der Waals surface area contributed by atoms with Gasteiger partial charge in [0.05, 0.1) is 37.1 Å². The van der Waals surface area contributed by atoms with Gasteiger partial charge in [-0.3, -0.25) is 4.79 Å². The number of amides is 1. The first kappa shape index (κ1) is 21.8. The van der Waals surface area contributed by atoms with E-state index in [9.17, 15) is 14.9 Å². The maximum atomic E-state index is 12.8. The SMILES string of the molecule is COc1cc(NC(=O)C(C)(C)C)c(C(=O)OCc2ccccc2C#N)cc1OC. The molecule has 0 radical (unpaired) electrons. The molecule has 0 heterocycles. The molecule has 29 heavy (non-hydrogen) atoms. The van der Waals surface area contributed by atoms with Crippen LogP contribution in [0.25, 0.3) is 0 Å². The van der Waals surface area contributed by atoms with Crippen LogP contribution in [0.15, 0.2) is 36.4 Å². The van der Waals surface area contributed by atoms with Crippen LogP contribution in [0.2, 0.25) is 0 Å². The van der Waals surface area contributed by atoms with Gasteiger partial charge in [-0.15, -0.1) is 0 Å². The monoisotopic (exact) mass is 396 g/mol. The van der Waals surface area contributed by atoms with Crippen molar-refractivity contribution in [1.82, 2.24) is 0 Å². The van der Waals surface area contributed by atoms with Gasteiger partial charge in [-0.05, 0) is 6.07 Å². The summed E-state index contributed by atoms with van der Waals surface area (Å²) in [5.41, 5.74) is 0.717. The number of nitriles is 1. The Hall–Kier alpha value is -3.53. The van der Waals surface area contributed by atoms with E-state index in [1.165, 1.54) is 26.4 Å². The van der Waals surface area contributed by atoms with Crippen LogP contribution in [-0.2, 0) is 16.1 Å². The highest BCUT2D eigenvalue weighted by atomic mass is 16.5. The normalized spacial score (nSPS) is 10.6. The fraction of sp³-hybridized carbons (Fsp3) is 0.318. The average molecular weight is 396 g/mol. The minimum Gasteiger partial charge on any atom is -0.493 e. The Morgan fingerprint density at radius 3 is 2.28 bits per heavy atom. The van der Waals surface area contributed by atoms with Gasteiger partial charge >= 0.3 is 5.97 Å². The van der Waals surface area contributed by atoms with Gasteiger partial charge in [-0.25, -0.2) is 4.79 Å². The maximum Gasteiger partial charge on any atom is 0.340 e. The average Bonchev–Trinajstić information content (AvgIpc) is 2.70. The summed E-state index contributed by atoms with van der Waals surface area (Å²) < 4.78 is 15.9. The van der Waals surface area contributed by atoms with Crippen molar-refractivity contribution in [3.8, 4) is 17.6 Å². The van der Waals surface area contributed by atoms with E-state index >= 15 is 0 Å². The van der Waals surface area contributed by atoms with Crippen LogP contribution in [0.3, 0.4) is 0 Å². The van der Waals surface area contributed by atoms with Crippen molar-refractivity contribution in [2.45, 2.75) is 27.4 Å². The molecule has 0 bridgehead atoms. The smallest absolute Gasteiger partial charge is 0.340 e. The molecule has 0 saturated heterocycles. The van der Waals surface area contributed by atoms with Crippen LogP contribution in [0.5, 0.6) is 11.5 Å². The predicted molar refractivity (Wildman–Crippen MR) is 108 cm³/mol. The summed E-state index contributed by atoms with van der Waals surface area (Å²) in [6.07, 6.45) is 0. The van der Waals surface area contributed by atoms with E-state index in [0.29, 0.717) is 22.6 Å². The second kappa shape index (κ2) is 9.11. The lowest BCUT2D eigenvalue weighted by Gasteiger charge is -2.20. The summed E-state index contributed by atoms with van der Waals surface area (Å²) in [7, 11) is 2.91. The van der Waals surface area contributed by atoms with E-state index in [1.807, 2.05) is 0 Å². The molecular formula is C22H24N2O5. The van der Waals surface area contributed by atoms with Gasteiger partial charge in [0.25, 0.3) is 0 Å². The standard InChI is InChI=1S/C22H24N2O5/c1-22(2,3)21(26)24-17-11-19(28-5)18(27-4)10-16(17)20(25)29-13-15-9-7-6-8-14(15)12-23/h6-11H,13H2,1-5H3,(H,24,26). The zero-order valence-electron chi connectivity index (χ0n) is 17.2. The van der Waals surface area contributed by atoms with Crippen LogP contribution in [0, 0.1) is 16.7 Å². The van der Waals surface area contributed by atoms with Gasteiger partial charge in [0.2, 0.25) is 5.91 Å². The van der Waals surface area contributed by atoms with Gasteiger partial charge in [0, 0.05) is 23.1 Å². The van der Waals surface area contributed by atoms with Gasteiger partial charge in [-0.1, -0.05) is 39.0 Å². The second-order valence-corrected chi connectivity index (χ2v) is 7.30. The third-order valence-electron chi connectivity index (χ3n) is 4.17. The fourth-order valence-electron chi connectivity index (χ4n) is 2.44. The number of esters is 1.